The van der Waals surface area contributed by atoms with Crippen molar-refractivity contribution in [3.63, 3.8) is 0 Å². The number of hydrogen-bond donors (Lipinski definition) is 1. The van der Waals surface area contributed by atoms with Gasteiger partial charge in [-0.05, 0) is 43.3 Å². The summed E-state index contributed by atoms with van der Waals surface area (Å²) >= 11 is 11.7. The Kier molecular flexibility index (Phi) is 6.20. The van der Waals surface area contributed by atoms with Gasteiger partial charge >= 0.3 is 0 Å². The zero-order valence-corrected chi connectivity index (χ0v) is 15.1. The molecule has 2 N–H and O–H groups in total. The summed E-state index contributed by atoms with van der Waals surface area (Å²) in [7, 11) is -3.59. The van der Waals surface area contributed by atoms with Crippen molar-refractivity contribution in [2.24, 2.45) is 0 Å². The van der Waals surface area contributed by atoms with Crippen LogP contribution in [0.3, 0.4) is 0 Å². The molecule has 0 unspecified atom stereocenters. The Morgan fingerprint density at radius 2 is 1.79 bits per heavy atom. The second-order valence-corrected chi connectivity index (χ2v) is 8.30. The predicted molar refractivity (Wildman–Crippen MR) is 90.1 cm³/mol. The number of quaternary nitrogens is 1. The summed E-state index contributed by atoms with van der Waals surface area (Å²) in [6.07, 6.45) is 0. The zero-order chi connectivity index (χ0) is 17.9. The van der Waals surface area contributed by atoms with Gasteiger partial charge in [-0.15, -0.1) is 0 Å². The molecule has 0 aromatic heterocycles. The van der Waals surface area contributed by atoms with Gasteiger partial charge in [0.2, 0.25) is 0 Å². The largest absolute Gasteiger partial charge is 0.339 e. The van der Waals surface area contributed by atoms with Gasteiger partial charge in [0.1, 0.15) is 11.8 Å². The minimum atomic E-state index is -3.59. The van der Waals surface area contributed by atoms with Crippen LogP contribution < -0.4 is 5.32 Å². The van der Waals surface area contributed by atoms with Gasteiger partial charge in [-0.25, -0.2) is 17.2 Å². The van der Waals surface area contributed by atoms with Gasteiger partial charge in [0.25, 0.3) is 0 Å². The Labute approximate surface area is 149 Å². The standard InChI is InChI=1S/C16H15Cl2F2NO2S/c1-10(11-2-5-14(19)15(20)8-11)21-6-7-24(22,23)16-9-12(17)3-4-13(16)18/h2-5,8-10,21H,6-7H2,1H3/p+1/t10-/m0/s1. The number of sulfone groups is 1. The van der Waals surface area contributed by atoms with E-state index < -0.39 is 21.5 Å². The molecule has 24 heavy (non-hydrogen) atoms. The Morgan fingerprint density at radius 3 is 2.46 bits per heavy atom. The minimum absolute atomic E-state index is 0.00875. The van der Waals surface area contributed by atoms with E-state index >= 15 is 0 Å². The summed E-state index contributed by atoms with van der Waals surface area (Å²) in [6.45, 7) is 2.02. The summed E-state index contributed by atoms with van der Waals surface area (Å²) in [5.41, 5.74) is 0.576. The highest BCUT2D eigenvalue weighted by Crippen LogP contribution is 2.25. The van der Waals surface area contributed by atoms with E-state index in [1.54, 1.807) is 12.2 Å². The first kappa shape index (κ1) is 19.1. The fourth-order valence-corrected chi connectivity index (χ4v) is 4.28. The van der Waals surface area contributed by atoms with Crippen LogP contribution >= 0.6 is 23.2 Å². The molecule has 2 aromatic rings. The number of hydrogen-bond acceptors (Lipinski definition) is 2. The lowest BCUT2D eigenvalue weighted by atomic mass is 10.1. The van der Waals surface area contributed by atoms with Crippen LogP contribution in [0, 0.1) is 11.6 Å². The van der Waals surface area contributed by atoms with Gasteiger partial charge in [0, 0.05) is 10.6 Å². The zero-order valence-electron chi connectivity index (χ0n) is 12.8. The molecule has 0 aliphatic carbocycles. The Hall–Kier alpha value is -1.21. The molecule has 8 heteroatoms. The van der Waals surface area contributed by atoms with Crippen LogP contribution in [0.15, 0.2) is 41.3 Å². The minimum Gasteiger partial charge on any atom is -0.339 e. The van der Waals surface area contributed by atoms with Gasteiger partial charge in [0.15, 0.2) is 21.5 Å². The van der Waals surface area contributed by atoms with Gasteiger partial charge in [-0.2, -0.15) is 0 Å². The Balaban J connectivity index is 2.02. The molecule has 0 aliphatic heterocycles. The first-order chi connectivity index (χ1) is 11.2. The van der Waals surface area contributed by atoms with E-state index in [0.717, 1.165) is 12.1 Å². The molecule has 0 heterocycles. The van der Waals surface area contributed by atoms with Crippen molar-refractivity contribution in [2.75, 3.05) is 12.3 Å². The van der Waals surface area contributed by atoms with Crippen LogP contribution in [-0.2, 0) is 9.84 Å². The Morgan fingerprint density at radius 1 is 1.08 bits per heavy atom. The van der Waals surface area contributed by atoms with E-state index in [1.165, 1.54) is 24.3 Å². The van der Waals surface area contributed by atoms with E-state index in [9.17, 15) is 17.2 Å². The highest BCUT2D eigenvalue weighted by atomic mass is 35.5. The first-order valence-corrected chi connectivity index (χ1v) is 9.57. The third-order valence-corrected chi connectivity index (χ3v) is 6.06. The fraction of sp³-hybridized carbons (Fsp3) is 0.250. The van der Waals surface area contributed by atoms with Crippen molar-refractivity contribution in [3.8, 4) is 0 Å². The van der Waals surface area contributed by atoms with Gasteiger partial charge in [-0.1, -0.05) is 23.2 Å². The molecule has 0 aliphatic rings. The maximum Gasteiger partial charge on any atom is 0.185 e. The number of nitrogens with two attached hydrogens (primary N) is 1. The summed E-state index contributed by atoms with van der Waals surface area (Å²) in [5, 5.41) is 2.15. The smallest absolute Gasteiger partial charge is 0.185 e. The molecule has 0 fully saturated rings. The summed E-state index contributed by atoms with van der Waals surface area (Å²) in [4.78, 5) is -0.00875. The normalized spacial score (nSPS) is 13.0. The molecule has 0 saturated carbocycles. The second kappa shape index (κ2) is 7.78. The molecular weight excluding hydrogens is 379 g/mol. The van der Waals surface area contributed by atoms with Crippen molar-refractivity contribution >= 4 is 33.0 Å². The number of benzene rings is 2. The molecule has 0 bridgehead atoms. The van der Waals surface area contributed by atoms with E-state index in [4.69, 9.17) is 23.2 Å². The molecule has 0 amide bonds. The molecule has 3 nitrogen and oxygen atoms in total. The average molecular weight is 395 g/mol. The lowest BCUT2D eigenvalue weighted by molar-refractivity contribution is -0.689. The van der Waals surface area contributed by atoms with Crippen LogP contribution in [0.4, 0.5) is 8.78 Å². The van der Waals surface area contributed by atoms with E-state index in [1.807, 2.05) is 0 Å². The molecule has 0 saturated heterocycles. The quantitative estimate of drug-likeness (QED) is 0.816. The molecule has 0 spiro atoms. The van der Waals surface area contributed by atoms with E-state index in [0.29, 0.717) is 5.56 Å². The monoisotopic (exact) mass is 394 g/mol. The van der Waals surface area contributed by atoms with Crippen LogP contribution in [0.5, 0.6) is 0 Å². The van der Waals surface area contributed by atoms with Crippen LogP contribution in [0.1, 0.15) is 18.5 Å². The average Bonchev–Trinajstić information content (AvgIpc) is 2.52. The van der Waals surface area contributed by atoms with Gasteiger partial charge < -0.3 is 5.32 Å². The summed E-state index contributed by atoms with van der Waals surface area (Å²) in [5.74, 6) is -1.99. The summed E-state index contributed by atoms with van der Waals surface area (Å²) < 4.78 is 50.9. The number of rotatable bonds is 6. The molecule has 1 atom stereocenters. The maximum absolute atomic E-state index is 13.2. The van der Waals surface area contributed by atoms with Crippen molar-refractivity contribution in [3.05, 3.63) is 63.6 Å². The molecule has 2 aromatic carbocycles. The molecule has 2 rings (SSSR count). The SMILES string of the molecule is C[C@H]([NH2+]CCS(=O)(=O)c1cc(Cl)ccc1Cl)c1ccc(F)c(F)c1. The first-order valence-electron chi connectivity index (χ1n) is 7.17. The number of halogens is 4. The molecular formula is C16H16Cl2F2NO2S+. The van der Waals surface area contributed by atoms with E-state index in [2.05, 4.69) is 0 Å². The van der Waals surface area contributed by atoms with E-state index in [-0.39, 0.29) is 33.3 Å². The fourth-order valence-electron chi connectivity index (χ4n) is 2.23. The second-order valence-electron chi connectivity index (χ2n) is 5.38. The highest BCUT2D eigenvalue weighted by molar-refractivity contribution is 7.91. The maximum atomic E-state index is 13.2. The molecule has 0 radical (unpaired) electrons. The lowest BCUT2D eigenvalue weighted by Gasteiger charge is -2.12. The predicted octanol–water partition coefficient (Wildman–Crippen LogP) is 3.37. The van der Waals surface area contributed by atoms with Crippen LogP contribution in [0.2, 0.25) is 10.0 Å². The van der Waals surface area contributed by atoms with Crippen molar-refractivity contribution in [1.82, 2.24) is 0 Å². The highest BCUT2D eigenvalue weighted by Gasteiger charge is 2.20. The van der Waals surface area contributed by atoms with Crippen molar-refractivity contribution in [1.29, 1.82) is 0 Å². The van der Waals surface area contributed by atoms with Gasteiger partial charge in [-0.3, -0.25) is 0 Å². The van der Waals surface area contributed by atoms with Crippen LogP contribution in [0.25, 0.3) is 0 Å². The summed E-state index contributed by atoms with van der Waals surface area (Å²) in [6, 6.07) is 7.69. The van der Waals surface area contributed by atoms with Crippen molar-refractivity contribution in [2.45, 2.75) is 17.9 Å². The van der Waals surface area contributed by atoms with Gasteiger partial charge in [0.05, 0.1) is 16.5 Å². The van der Waals surface area contributed by atoms with Crippen molar-refractivity contribution < 1.29 is 22.5 Å². The molecule has 130 valence electrons. The topological polar surface area (TPSA) is 50.8 Å². The Bertz CT molecular complexity index is 844. The van der Waals surface area contributed by atoms with Crippen LogP contribution in [-0.4, -0.2) is 20.7 Å². The third-order valence-electron chi connectivity index (χ3n) is 3.60. The lowest BCUT2D eigenvalue weighted by Crippen LogP contribution is -2.85. The third kappa shape index (κ3) is 4.66.